The molecule has 1 aliphatic heterocycles. The molecule has 1 aliphatic rings. The van der Waals surface area contributed by atoms with Crippen molar-refractivity contribution in [2.75, 3.05) is 16.8 Å². The van der Waals surface area contributed by atoms with Crippen LogP contribution in [0.3, 0.4) is 0 Å². The minimum absolute atomic E-state index is 0.619. The molecule has 0 bridgehead atoms. The Hall–Kier alpha value is -1.49. The smallest absolute Gasteiger partial charge is 0.0858 e. The van der Waals surface area contributed by atoms with Gasteiger partial charge in [0.2, 0.25) is 0 Å². The Kier molecular flexibility index (Phi) is 3.00. The van der Waals surface area contributed by atoms with Crippen molar-refractivity contribution in [3.63, 3.8) is 0 Å². The Morgan fingerprint density at radius 2 is 1.94 bits per heavy atom. The molecule has 1 fully saturated rings. The molecule has 0 saturated carbocycles. The molecule has 1 saturated heterocycles. The van der Waals surface area contributed by atoms with E-state index in [-0.39, 0.29) is 0 Å². The van der Waals surface area contributed by atoms with E-state index < -0.39 is 0 Å². The molecule has 3 rings (SSSR count). The Balaban J connectivity index is 1.71. The summed E-state index contributed by atoms with van der Waals surface area (Å²) in [5, 5.41) is 11.7. The van der Waals surface area contributed by atoms with E-state index in [0.717, 1.165) is 5.69 Å². The first kappa shape index (κ1) is 10.7. The molecular formula is C12H14N4S. The Bertz CT molecular complexity index is 460. The first-order valence-corrected chi connectivity index (χ1v) is 6.88. The van der Waals surface area contributed by atoms with Crippen molar-refractivity contribution in [3.05, 3.63) is 36.7 Å². The summed E-state index contributed by atoms with van der Waals surface area (Å²) in [6, 6.07) is 8.85. The minimum atomic E-state index is 0.619. The maximum atomic E-state index is 4.10. The fourth-order valence-electron chi connectivity index (χ4n) is 1.92. The van der Waals surface area contributed by atoms with Crippen LogP contribution in [0.1, 0.15) is 6.42 Å². The topological polar surface area (TPSA) is 42.7 Å². The second-order valence-electron chi connectivity index (χ2n) is 4.07. The summed E-state index contributed by atoms with van der Waals surface area (Å²) in [4.78, 5) is 1.62. The van der Waals surface area contributed by atoms with Gasteiger partial charge in [-0.1, -0.05) is 0 Å². The molecule has 1 aromatic carbocycles. The summed E-state index contributed by atoms with van der Waals surface area (Å²) in [5.74, 6) is 2.48. The average molecular weight is 246 g/mol. The van der Waals surface area contributed by atoms with Gasteiger partial charge >= 0.3 is 0 Å². The number of anilines is 1. The van der Waals surface area contributed by atoms with Crippen molar-refractivity contribution in [1.82, 2.24) is 15.0 Å². The van der Waals surface area contributed by atoms with Crippen LogP contribution in [0.15, 0.2) is 36.7 Å². The van der Waals surface area contributed by atoms with Gasteiger partial charge in [0.15, 0.2) is 0 Å². The standard InChI is InChI=1S/C12H14N4S/c1-3-12(16-13-6-7-14-16)4-2-10(1)15-11-5-8-17-9-11/h1-4,6-7,11,15H,5,8-9H2. The second-order valence-corrected chi connectivity index (χ2v) is 5.22. The van der Waals surface area contributed by atoms with Crippen LogP contribution < -0.4 is 5.32 Å². The number of rotatable bonds is 3. The van der Waals surface area contributed by atoms with Gasteiger partial charge in [-0.15, -0.1) is 0 Å². The van der Waals surface area contributed by atoms with Crippen molar-refractivity contribution in [2.45, 2.75) is 12.5 Å². The van der Waals surface area contributed by atoms with Gasteiger partial charge in [-0.25, -0.2) is 0 Å². The molecule has 1 N–H and O–H groups in total. The quantitative estimate of drug-likeness (QED) is 0.901. The molecule has 0 amide bonds. The van der Waals surface area contributed by atoms with Crippen LogP contribution in [0.4, 0.5) is 5.69 Å². The van der Waals surface area contributed by atoms with Gasteiger partial charge in [0.1, 0.15) is 0 Å². The molecule has 17 heavy (non-hydrogen) atoms. The third kappa shape index (κ3) is 2.44. The molecule has 88 valence electrons. The van der Waals surface area contributed by atoms with Crippen LogP contribution in [-0.2, 0) is 0 Å². The highest BCUT2D eigenvalue weighted by atomic mass is 32.2. The summed E-state index contributed by atoms with van der Waals surface area (Å²) < 4.78 is 0. The van der Waals surface area contributed by atoms with Crippen LogP contribution in [0.5, 0.6) is 0 Å². The number of hydrogen-bond acceptors (Lipinski definition) is 4. The van der Waals surface area contributed by atoms with E-state index >= 15 is 0 Å². The number of thioether (sulfide) groups is 1. The van der Waals surface area contributed by atoms with Crippen molar-refractivity contribution in [3.8, 4) is 5.69 Å². The zero-order valence-corrected chi connectivity index (χ0v) is 10.2. The van der Waals surface area contributed by atoms with Crippen molar-refractivity contribution in [2.24, 2.45) is 0 Å². The van der Waals surface area contributed by atoms with Gasteiger partial charge in [-0.05, 0) is 36.4 Å². The third-order valence-corrected chi connectivity index (χ3v) is 3.98. The van der Waals surface area contributed by atoms with E-state index in [9.17, 15) is 0 Å². The first-order valence-electron chi connectivity index (χ1n) is 5.73. The molecule has 0 radical (unpaired) electrons. The third-order valence-electron chi connectivity index (χ3n) is 2.82. The lowest BCUT2D eigenvalue weighted by atomic mass is 10.2. The molecule has 0 aliphatic carbocycles. The van der Waals surface area contributed by atoms with Gasteiger partial charge in [0, 0.05) is 17.5 Å². The lowest BCUT2D eigenvalue weighted by molar-refractivity contribution is 0.751. The number of aromatic nitrogens is 3. The lowest BCUT2D eigenvalue weighted by Crippen LogP contribution is -2.17. The highest BCUT2D eigenvalue weighted by Gasteiger charge is 2.14. The lowest BCUT2D eigenvalue weighted by Gasteiger charge is -2.12. The monoisotopic (exact) mass is 246 g/mol. The largest absolute Gasteiger partial charge is 0.381 e. The van der Waals surface area contributed by atoms with Crippen LogP contribution in [0.25, 0.3) is 5.69 Å². The predicted molar refractivity (Wildman–Crippen MR) is 70.7 cm³/mol. The Morgan fingerprint density at radius 1 is 1.18 bits per heavy atom. The van der Waals surface area contributed by atoms with Gasteiger partial charge in [0.25, 0.3) is 0 Å². The van der Waals surface area contributed by atoms with E-state index in [2.05, 4.69) is 27.6 Å². The van der Waals surface area contributed by atoms with Crippen LogP contribution in [0, 0.1) is 0 Å². The number of hydrogen-bond donors (Lipinski definition) is 1. The predicted octanol–water partition coefficient (Wildman–Crippen LogP) is 2.18. The summed E-state index contributed by atoms with van der Waals surface area (Å²) in [6.45, 7) is 0. The maximum Gasteiger partial charge on any atom is 0.0858 e. The first-order chi connectivity index (χ1) is 8.42. The maximum absolute atomic E-state index is 4.10. The van der Waals surface area contributed by atoms with Gasteiger partial charge in [0.05, 0.1) is 18.1 Å². The zero-order valence-electron chi connectivity index (χ0n) is 9.41. The molecule has 1 atom stereocenters. The average Bonchev–Trinajstić information content (AvgIpc) is 3.01. The van der Waals surface area contributed by atoms with Crippen LogP contribution >= 0.6 is 11.8 Å². The highest BCUT2D eigenvalue weighted by Crippen LogP contribution is 2.21. The van der Waals surface area contributed by atoms with E-state index in [1.807, 2.05) is 23.9 Å². The fraction of sp³-hybridized carbons (Fsp3) is 0.333. The van der Waals surface area contributed by atoms with Crippen LogP contribution in [0.2, 0.25) is 0 Å². The molecule has 5 heteroatoms. The molecule has 4 nitrogen and oxygen atoms in total. The zero-order chi connectivity index (χ0) is 11.5. The molecule has 1 aromatic heterocycles. The number of nitrogens with one attached hydrogen (secondary N) is 1. The summed E-state index contributed by atoms with van der Waals surface area (Å²) in [5.41, 5.74) is 2.16. The second kappa shape index (κ2) is 4.79. The summed E-state index contributed by atoms with van der Waals surface area (Å²) in [7, 11) is 0. The van der Waals surface area contributed by atoms with Gasteiger partial charge in [-0.2, -0.15) is 26.8 Å². The van der Waals surface area contributed by atoms with Crippen LogP contribution in [-0.4, -0.2) is 32.5 Å². The van der Waals surface area contributed by atoms with Crippen molar-refractivity contribution < 1.29 is 0 Å². The Morgan fingerprint density at radius 3 is 2.59 bits per heavy atom. The fourth-order valence-corrected chi connectivity index (χ4v) is 3.08. The molecular weight excluding hydrogens is 232 g/mol. The number of nitrogens with zero attached hydrogens (tertiary/aromatic N) is 3. The van der Waals surface area contributed by atoms with Crippen molar-refractivity contribution in [1.29, 1.82) is 0 Å². The summed E-state index contributed by atoms with van der Waals surface area (Å²) in [6.07, 6.45) is 4.62. The Labute approximate surface area is 104 Å². The molecule has 1 unspecified atom stereocenters. The van der Waals surface area contributed by atoms with E-state index in [0.29, 0.717) is 6.04 Å². The minimum Gasteiger partial charge on any atom is -0.381 e. The van der Waals surface area contributed by atoms with E-state index in [4.69, 9.17) is 0 Å². The molecule has 0 spiro atoms. The SMILES string of the molecule is c1cnn(-c2ccc(NC3CCSC3)cc2)n1. The van der Waals surface area contributed by atoms with E-state index in [1.54, 1.807) is 17.2 Å². The van der Waals surface area contributed by atoms with Gasteiger partial charge < -0.3 is 5.32 Å². The number of benzene rings is 1. The van der Waals surface area contributed by atoms with Gasteiger partial charge in [-0.3, -0.25) is 0 Å². The summed E-state index contributed by atoms with van der Waals surface area (Å²) >= 11 is 2.02. The highest BCUT2D eigenvalue weighted by molar-refractivity contribution is 7.99. The van der Waals surface area contributed by atoms with E-state index in [1.165, 1.54) is 23.6 Å². The van der Waals surface area contributed by atoms with Crippen molar-refractivity contribution >= 4 is 17.4 Å². The normalized spacial score (nSPS) is 19.4. The molecule has 2 aromatic rings. The molecule has 2 heterocycles.